The van der Waals surface area contributed by atoms with Crippen molar-refractivity contribution in [3.8, 4) is 5.75 Å². The molecule has 0 bridgehead atoms. The van der Waals surface area contributed by atoms with E-state index in [1.807, 2.05) is 31.2 Å². The molecule has 0 aliphatic rings. The summed E-state index contributed by atoms with van der Waals surface area (Å²) in [6.07, 6.45) is 0. The van der Waals surface area contributed by atoms with Gasteiger partial charge in [0, 0.05) is 16.5 Å². The van der Waals surface area contributed by atoms with Crippen molar-refractivity contribution in [2.24, 2.45) is 0 Å². The Morgan fingerprint density at radius 3 is 2.50 bits per heavy atom. The lowest BCUT2D eigenvalue weighted by atomic mass is 10.1. The molecule has 0 unspecified atom stereocenters. The van der Waals surface area contributed by atoms with Crippen molar-refractivity contribution >= 4 is 39.3 Å². The van der Waals surface area contributed by atoms with Crippen LogP contribution in [0.15, 0.2) is 51.7 Å². The van der Waals surface area contributed by atoms with Crippen molar-refractivity contribution in [2.45, 2.75) is 13.8 Å². The number of fused-ring (bicyclic) bond motifs is 1. The van der Waals surface area contributed by atoms with E-state index in [9.17, 15) is 9.59 Å². The third-order valence-electron chi connectivity index (χ3n) is 3.98. The average Bonchev–Trinajstić information content (AvgIpc) is 2.60. The second-order valence-electron chi connectivity index (χ2n) is 5.47. The highest BCUT2D eigenvalue weighted by molar-refractivity contribution is 14.1. The number of rotatable bonds is 4. The first-order chi connectivity index (χ1) is 11.5. The molecule has 3 aromatic rings. The smallest absolute Gasteiger partial charge is 0.339 e. The molecule has 0 saturated carbocycles. The molecule has 4 nitrogen and oxygen atoms in total. The molecule has 0 N–H and O–H groups in total. The zero-order valence-corrected chi connectivity index (χ0v) is 15.4. The fourth-order valence-electron chi connectivity index (χ4n) is 2.42. The van der Waals surface area contributed by atoms with Crippen LogP contribution in [0.3, 0.4) is 0 Å². The number of ether oxygens (including phenoxy) is 1. The summed E-state index contributed by atoms with van der Waals surface area (Å²) in [5.74, 6) is 0.423. The molecular formula is C19H15IO4. The lowest BCUT2D eigenvalue weighted by molar-refractivity contribution is 0.0921. The fraction of sp³-hybridized carbons (Fsp3) is 0.158. The van der Waals surface area contributed by atoms with Crippen LogP contribution in [0.2, 0.25) is 0 Å². The Morgan fingerprint density at radius 2 is 1.79 bits per heavy atom. The van der Waals surface area contributed by atoms with Crippen LogP contribution in [-0.4, -0.2) is 12.4 Å². The van der Waals surface area contributed by atoms with E-state index in [0.29, 0.717) is 26.0 Å². The van der Waals surface area contributed by atoms with Crippen molar-refractivity contribution in [2.75, 3.05) is 6.61 Å². The summed E-state index contributed by atoms with van der Waals surface area (Å²) >= 11 is 2.08. The number of halogens is 1. The van der Waals surface area contributed by atoms with E-state index in [0.717, 1.165) is 10.9 Å². The van der Waals surface area contributed by atoms with Gasteiger partial charge >= 0.3 is 5.63 Å². The number of carbonyl (C=O) groups excluding carboxylic acids is 1. The lowest BCUT2D eigenvalue weighted by Crippen LogP contribution is -2.12. The minimum Gasteiger partial charge on any atom is -0.484 e. The zero-order chi connectivity index (χ0) is 17.3. The molecule has 0 radical (unpaired) electrons. The van der Waals surface area contributed by atoms with Gasteiger partial charge < -0.3 is 9.15 Å². The summed E-state index contributed by atoms with van der Waals surface area (Å²) in [6.45, 7) is 3.57. The second-order valence-corrected chi connectivity index (χ2v) is 6.55. The number of hydrogen-bond donors (Lipinski definition) is 0. The molecule has 5 heteroatoms. The second kappa shape index (κ2) is 6.76. The minimum atomic E-state index is -0.351. The SMILES string of the molecule is Cc1c(C)c2ccc(OCC(=O)c3ccccc3)c(I)c2oc1=O. The van der Waals surface area contributed by atoms with Crippen LogP contribution >= 0.6 is 22.6 Å². The molecule has 0 fully saturated rings. The fourth-order valence-corrected chi connectivity index (χ4v) is 3.16. The summed E-state index contributed by atoms with van der Waals surface area (Å²) in [4.78, 5) is 24.0. The molecule has 0 amide bonds. The Balaban J connectivity index is 1.91. The number of hydrogen-bond acceptors (Lipinski definition) is 4. The highest BCUT2D eigenvalue weighted by atomic mass is 127. The Hall–Kier alpha value is -2.15. The van der Waals surface area contributed by atoms with E-state index in [4.69, 9.17) is 9.15 Å². The van der Waals surface area contributed by atoms with Crippen LogP contribution in [0.1, 0.15) is 21.5 Å². The summed E-state index contributed by atoms with van der Waals surface area (Å²) in [6, 6.07) is 12.6. The first kappa shape index (κ1) is 16.7. The average molecular weight is 434 g/mol. The Bertz CT molecular complexity index is 974. The van der Waals surface area contributed by atoms with Gasteiger partial charge in [-0.2, -0.15) is 0 Å². The minimum absolute atomic E-state index is 0.0689. The molecule has 0 aliphatic carbocycles. The van der Waals surface area contributed by atoms with Gasteiger partial charge in [-0.15, -0.1) is 0 Å². The van der Waals surface area contributed by atoms with E-state index in [1.165, 1.54) is 0 Å². The highest BCUT2D eigenvalue weighted by Gasteiger charge is 2.15. The van der Waals surface area contributed by atoms with Gasteiger partial charge in [-0.3, -0.25) is 4.79 Å². The maximum atomic E-state index is 12.1. The lowest BCUT2D eigenvalue weighted by Gasteiger charge is -2.11. The first-order valence-electron chi connectivity index (χ1n) is 7.42. The number of carbonyl (C=O) groups is 1. The summed E-state index contributed by atoms with van der Waals surface area (Å²) in [7, 11) is 0. The molecule has 1 heterocycles. The van der Waals surface area contributed by atoms with Crippen LogP contribution in [0.5, 0.6) is 5.75 Å². The number of ketones is 1. The van der Waals surface area contributed by atoms with Crippen molar-refractivity contribution < 1.29 is 13.9 Å². The molecule has 1 aromatic heterocycles. The van der Waals surface area contributed by atoms with Gasteiger partial charge in [-0.1, -0.05) is 30.3 Å². The summed E-state index contributed by atoms with van der Waals surface area (Å²) in [5.41, 5.74) is 2.24. The zero-order valence-electron chi connectivity index (χ0n) is 13.3. The first-order valence-corrected chi connectivity index (χ1v) is 8.50. The summed E-state index contributed by atoms with van der Waals surface area (Å²) in [5, 5.41) is 0.873. The van der Waals surface area contributed by atoms with Crippen molar-refractivity contribution in [3.63, 3.8) is 0 Å². The topological polar surface area (TPSA) is 56.5 Å². The molecule has 2 aromatic carbocycles. The van der Waals surface area contributed by atoms with Crippen molar-refractivity contribution in [3.05, 3.63) is 73.1 Å². The van der Waals surface area contributed by atoms with Gasteiger partial charge in [0.25, 0.3) is 0 Å². The van der Waals surface area contributed by atoms with Crippen LogP contribution in [-0.2, 0) is 0 Å². The predicted octanol–water partition coefficient (Wildman–Crippen LogP) is 4.28. The van der Waals surface area contributed by atoms with E-state index in [-0.39, 0.29) is 18.0 Å². The molecule has 122 valence electrons. The third-order valence-corrected chi connectivity index (χ3v) is 5.01. The van der Waals surface area contributed by atoms with Gasteiger partial charge in [0.15, 0.2) is 18.0 Å². The largest absolute Gasteiger partial charge is 0.484 e. The van der Waals surface area contributed by atoms with Crippen LogP contribution < -0.4 is 10.4 Å². The quantitative estimate of drug-likeness (QED) is 0.350. The van der Waals surface area contributed by atoms with Crippen LogP contribution in [0, 0.1) is 17.4 Å². The molecule has 3 rings (SSSR count). The normalized spacial score (nSPS) is 10.8. The van der Waals surface area contributed by atoms with Crippen molar-refractivity contribution in [1.82, 2.24) is 0 Å². The Labute approximate surface area is 152 Å². The molecular weight excluding hydrogens is 419 g/mol. The van der Waals surface area contributed by atoms with Crippen LogP contribution in [0.25, 0.3) is 11.0 Å². The van der Waals surface area contributed by atoms with Crippen molar-refractivity contribution in [1.29, 1.82) is 0 Å². The Kier molecular flexibility index (Phi) is 4.71. The number of aryl methyl sites for hydroxylation is 1. The number of Topliss-reactive ketones (excluding diaryl/α,β-unsaturated/α-hetero) is 1. The van der Waals surface area contributed by atoms with E-state index >= 15 is 0 Å². The molecule has 24 heavy (non-hydrogen) atoms. The van der Waals surface area contributed by atoms with Gasteiger partial charge in [0.05, 0.1) is 3.57 Å². The Morgan fingerprint density at radius 1 is 1.08 bits per heavy atom. The molecule has 0 saturated heterocycles. The summed E-state index contributed by atoms with van der Waals surface area (Å²) < 4.78 is 11.7. The standard InChI is InChI=1S/C19H15IO4/c1-11-12(2)19(22)24-18-14(11)8-9-16(17(18)20)23-10-15(21)13-6-4-3-5-7-13/h3-9H,10H2,1-2H3. The molecule has 0 atom stereocenters. The van der Waals surface area contributed by atoms with E-state index in [1.54, 1.807) is 25.1 Å². The van der Waals surface area contributed by atoms with E-state index in [2.05, 4.69) is 22.6 Å². The highest BCUT2D eigenvalue weighted by Crippen LogP contribution is 2.31. The maximum absolute atomic E-state index is 12.1. The monoisotopic (exact) mass is 434 g/mol. The molecule has 0 spiro atoms. The molecule has 0 aliphatic heterocycles. The third kappa shape index (κ3) is 3.08. The predicted molar refractivity (Wildman–Crippen MR) is 101 cm³/mol. The van der Waals surface area contributed by atoms with Gasteiger partial charge in [-0.05, 0) is 54.1 Å². The van der Waals surface area contributed by atoms with Gasteiger partial charge in [-0.25, -0.2) is 4.79 Å². The van der Waals surface area contributed by atoms with Gasteiger partial charge in [0.2, 0.25) is 0 Å². The van der Waals surface area contributed by atoms with E-state index < -0.39 is 0 Å². The van der Waals surface area contributed by atoms with Gasteiger partial charge in [0.1, 0.15) is 5.75 Å². The van der Waals surface area contributed by atoms with Crippen LogP contribution in [0.4, 0.5) is 0 Å². The number of benzene rings is 2. The maximum Gasteiger partial charge on any atom is 0.339 e.